The van der Waals surface area contributed by atoms with Crippen LogP contribution in [0.3, 0.4) is 0 Å². The zero-order chi connectivity index (χ0) is 8.20. The van der Waals surface area contributed by atoms with Crippen molar-refractivity contribution in [3.05, 3.63) is 12.7 Å². The summed E-state index contributed by atoms with van der Waals surface area (Å²) in [4.78, 5) is 0. The van der Waals surface area contributed by atoms with Crippen molar-refractivity contribution in [1.29, 1.82) is 0 Å². The molecule has 0 bridgehead atoms. The zero-order valence-corrected chi connectivity index (χ0v) is 7.36. The van der Waals surface area contributed by atoms with Crippen LogP contribution >= 0.6 is 0 Å². The van der Waals surface area contributed by atoms with Gasteiger partial charge in [-0.3, -0.25) is 0 Å². The number of thiol groups is 1. The number of allylic oxidation sites excluding steroid dienone is 1. The Balaban J connectivity index is 3.97. The van der Waals surface area contributed by atoms with Gasteiger partial charge in [-0.1, -0.05) is 19.9 Å². The smallest absolute Gasteiger partial charge is 0.140 e. The molecule has 10 heavy (non-hydrogen) atoms. The first kappa shape index (κ1) is 9.69. The summed E-state index contributed by atoms with van der Waals surface area (Å²) in [5, 5.41) is 0. The van der Waals surface area contributed by atoms with E-state index in [9.17, 15) is 8.42 Å². The van der Waals surface area contributed by atoms with Gasteiger partial charge in [0.1, 0.15) is 10.7 Å². The average molecular weight is 162 g/mol. The van der Waals surface area contributed by atoms with E-state index in [0.29, 0.717) is 0 Å². The molecule has 0 amide bonds. The van der Waals surface area contributed by atoms with Crippen LogP contribution in [0.2, 0.25) is 0 Å². The van der Waals surface area contributed by atoms with Crippen LogP contribution in [-0.2, 0) is 10.7 Å². The van der Waals surface area contributed by atoms with Crippen molar-refractivity contribution >= 4 is 10.7 Å². The van der Waals surface area contributed by atoms with Crippen LogP contribution in [0, 0.1) is 5.41 Å². The minimum atomic E-state index is -2.25. The molecule has 0 aliphatic rings. The molecule has 0 aromatic rings. The summed E-state index contributed by atoms with van der Waals surface area (Å²) in [6.07, 6.45) is 2.50. The van der Waals surface area contributed by atoms with Crippen molar-refractivity contribution in [1.82, 2.24) is 0 Å². The van der Waals surface area contributed by atoms with E-state index in [2.05, 4.69) is 6.58 Å². The SMILES string of the molecule is C=CCC(C)(C)C[SH](=O)=O. The van der Waals surface area contributed by atoms with Crippen molar-refractivity contribution in [2.45, 2.75) is 20.3 Å². The van der Waals surface area contributed by atoms with Crippen molar-refractivity contribution in [3.63, 3.8) is 0 Å². The molecule has 0 aromatic carbocycles. The van der Waals surface area contributed by atoms with Crippen LogP contribution in [0.4, 0.5) is 0 Å². The number of hydrogen-bond donors (Lipinski definition) is 1. The van der Waals surface area contributed by atoms with Crippen LogP contribution in [0.25, 0.3) is 0 Å². The highest BCUT2D eigenvalue weighted by Gasteiger charge is 2.16. The molecular formula is C7H14O2S. The quantitative estimate of drug-likeness (QED) is 0.498. The fourth-order valence-corrected chi connectivity index (χ4v) is 1.63. The van der Waals surface area contributed by atoms with Gasteiger partial charge in [0.15, 0.2) is 0 Å². The molecule has 60 valence electrons. The molecule has 0 aromatic heterocycles. The third-order valence-corrected chi connectivity index (χ3v) is 2.37. The number of hydrogen-bond acceptors (Lipinski definition) is 2. The Morgan fingerprint density at radius 3 is 2.30 bits per heavy atom. The molecule has 0 saturated carbocycles. The summed E-state index contributed by atoms with van der Waals surface area (Å²) in [7, 11) is -2.25. The zero-order valence-electron chi connectivity index (χ0n) is 6.46. The largest absolute Gasteiger partial charge is 0.232 e. The summed E-state index contributed by atoms with van der Waals surface area (Å²) in [6, 6.07) is 0. The van der Waals surface area contributed by atoms with Crippen LogP contribution in [0.5, 0.6) is 0 Å². The monoisotopic (exact) mass is 162 g/mol. The Morgan fingerprint density at radius 1 is 1.50 bits per heavy atom. The lowest BCUT2D eigenvalue weighted by atomic mass is 9.92. The Kier molecular flexibility index (Phi) is 3.64. The van der Waals surface area contributed by atoms with Gasteiger partial charge in [0.2, 0.25) is 0 Å². The molecule has 0 heterocycles. The van der Waals surface area contributed by atoms with Gasteiger partial charge in [-0.2, -0.15) is 0 Å². The topological polar surface area (TPSA) is 34.1 Å². The van der Waals surface area contributed by atoms with E-state index in [-0.39, 0.29) is 11.2 Å². The van der Waals surface area contributed by atoms with Gasteiger partial charge in [-0.05, 0) is 11.8 Å². The van der Waals surface area contributed by atoms with Gasteiger partial charge < -0.3 is 0 Å². The fraction of sp³-hybridized carbons (Fsp3) is 0.714. The second-order valence-corrected chi connectivity index (χ2v) is 4.13. The van der Waals surface area contributed by atoms with Crippen molar-refractivity contribution in [2.75, 3.05) is 5.75 Å². The Hall–Kier alpha value is -0.310. The molecule has 0 aliphatic carbocycles. The highest BCUT2D eigenvalue weighted by atomic mass is 32.2. The van der Waals surface area contributed by atoms with Crippen LogP contribution in [-0.4, -0.2) is 14.2 Å². The second-order valence-electron chi connectivity index (χ2n) is 3.15. The molecule has 2 nitrogen and oxygen atoms in total. The first-order chi connectivity index (χ1) is 4.48. The summed E-state index contributed by atoms with van der Waals surface area (Å²) in [6.45, 7) is 7.39. The lowest BCUT2D eigenvalue weighted by Crippen LogP contribution is -2.16. The summed E-state index contributed by atoms with van der Waals surface area (Å²) in [5.74, 6) is 0.244. The third kappa shape index (κ3) is 4.56. The van der Waals surface area contributed by atoms with E-state index >= 15 is 0 Å². The molecule has 0 saturated heterocycles. The lowest BCUT2D eigenvalue weighted by molar-refractivity contribution is 0.422. The second kappa shape index (κ2) is 3.76. The standard InChI is InChI=1S/C7H14O2S/c1-4-5-7(2,3)6-10(8)9/h4,10H,1,5-6H2,2-3H3. The minimum absolute atomic E-state index is 0.142. The molecule has 0 unspecified atom stereocenters. The molecule has 0 radical (unpaired) electrons. The molecule has 0 atom stereocenters. The lowest BCUT2D eigenvalue weighted by Gasteiger charge is -2.18. The van der Waals surface area contributed by atoms with E-state index in [4.69, 9.17) is 0 Å². The summed E-state index contributed by atoms with van der Waals surface area (Å²) < 4.78 is 20.6. The Bertz CT molecular complexity index is 172. The van der Waals surface area contributed by atoms with Crippen molar-refractivity contribution in [2.24, 2.45) is 5.41 Å². The molecule has 3 heteroatoms. The number of rotatable bonds is 4. The highest BCUT2D eigenvalue weighted by Crippen LogP contribution is 2.20. The highest BCUT2D eigenvalue weighted by molar-refractivity contribution is 7.72. The summed E-state index contributed by atoms with van der Waals surface area (Å²) >= 11 is 0. The van der Waals surface area contributed by atoms with E-state index < -0.39 is 10.7 Å². The van der Waals surface area contributed by atoms with E-state index in [0.717, 1.165) is 6.42 Å². The van der Waals surface area contributed by atoms with Gasteiger partial charge >= 0.3 is 0 Å². The van der Waals surface area contributed by atoms with Crippen LogP contribution in [0.15, 0.2) is 12.7 Å². The Morgan fingerprint density at radius 2 is 2.00 bits per heavy atom. The van der Waals surface area contributed by atoms with Crippen LogP contribution < -0.4 is 0 Å². The third-order valence-electron chi connectivity index (χ3n) is 1.25. The van der Waals surface area contributed by atoms with Crippen LogP contribution in [0.1, 0.15) is 20.3 Å². The normalized spacial score (nSPS) is 11.9. The van der Waals surface area contributed by atoms with Crippen molar-refractivity contribution in [3.8, 4) is 0 Å². The average Bonchev–Trinajstić information content (AvgIpc) is 1.59. The molecule has 0 N–H and O–H groups in total. The maximum absolute atomic E-state index is 10.3. The van der Waals surface area contributed by atoms with E-state index in [1.807, 2.05) is 13.8 Å². The maximum Gasteiger partial charge on any atom is 0.140 e. The van der Waals surface area contributed by atoms with Gasteiger partial charge in [-0.25, -0.2) is 8.42 Å². The molecule has 0 spiro atoms. The summed E-state index contributed by atoms with van der Waals surface area (Å²) in [5.41, 5.74) is -0.142. The van der Waals surface area contributed by atoms with Crippen molar-refractivity contribution < 1.29 is 8.42 Å². The maximum atomic E-state index is 10.3. The minimum Gasteiger partial charge on any atom is -0.232 e. The predicted molar refractivity (Wildman–Crippen MR) is 43.8 cm³/mol. The molecule has 0 fully saturated rings. The Labute approximate surface area is 63.9 Å². The van der Waals surface area contributed by atoms with E-state index in [1.165, 1.54) is 0 Å². The van der Waals surface area contributed by atoms with Gasteiger partial charge in [0.05, 0.1) is 5.75 Å². The van der Waals surface area contributed by atoms with E-state index in [1.54, 1.807) is 6.08 Å². The van der Waals surface area contributed by atoms with Gasteiger partial charge in [0, 0.05) is 0 Å². The first-order valence-corrected chi connectivity index (χ1v) is 4.57. The molecular weight excluding hydrogens is 148 g/mol. The first-order valence-electron chi connectivity index (χ1n) is 3.20. The molecule has 0 rings (SSSR count). The predicted octanol–water partition coefficient (Wildman–Crippen LogP) is 1.20. The van der Waals surface area contributed by atoms with Gasteiger partial charge in [0.25, 0.3) is 0 Å². The van der Waals surface area contributed by atoms with Gasteiger partial charge in [-0.15, -0.1) is 6.58 Å². The fourth-order valence-electron chi connectivity index (χ4n) is 0.805. The molecule has 0 aliphatic heterocycles.